The van der Waals surface area contributed by atoms with Crippen LogP contribution in [0.2, 0.25) is 0 Å². The second kappa shape index (κ2) is 11.4. The number of carbonyl (C=O) groups is 2. The molecule has 202 valence electrons. The maximum atomic E-state index is 13.5. The Labute approximate surface area is 229 Å². The fourth-order valence-electron chi connectivity index (χ4n) is 5.47. The summed E-state index contributed by atoms with van der Waals surface area (Å²) in [6, 6.07) is 5.25. The predicted molar refractivity (Wildman–Crippen MR) is 156 cm³/mol. The number of hydrogen-bond acceptors (Lipinski definition) is 7. The lowest BCUT2D eigenvalue weighted by atomic mass is 9.96. The van der Waals surface area contributed by atoms with E-state index < -0.39 is 5.54 Å². The van der Waals surface area contributed by atoms with Gasteiger partial charge in [0.05, 0.1) is 30.2 Å². The molecule has 1 amide bonds. The van der Waals surface area contributed by atoms with Crippen molar-refractivity contribution in [3.8, 4) is 0 Å². The van der Waals surface area contributed by atoms with Crippen molar-refractivity contribution in [2.75, 3.05) is 48.9 Å². The molecule has 2 unspecified atom stereocenters. The standard InChI is InChI=1S/C30H38N4O3S/c1-20-8-4-5-9-22(20)18-38-19-30(2)29(36)32-24-16-21(12-13-23(24)33-30)28(35)25-17-34(15-14-31-25)26-10-6-7-11-27(26)37-3/h8-13,16,25,31,33H,4-7,14-15,17-19H2,1-3H3,(H,32,36). The van der Waals surface area contributed by atoms with Crippen molar-refractivity contribution in [2.24, 2.45) is 0 Å². The molecule has 2 heterocycles. The number of nitrogens with zero attached hydrogens (tertiary/aromatic N) is 1. The van der Waals surface area contributed by atoms with Crippen LogP contribution in [0.3, 0.4) is 0 Å². The zero-order valence-electron chi connectivity index (χ0n) is 22.6. The van der Waals surface area contributed by atoms with Crippen LogP contribution in [0.5, 0.6) is 0 Å². The van der Waals surface area contributed by atoms with Crippen LogP contribution >= 0.6 is 11.8 Å². The Kier molecular flexibility index (Phi) is 8.00. The van der Waals surface area contributed by atoms with Gasteiger partial charge in [-0.25, -0.2) is 0 Å². The van der Waals surface area contributed by atoms with Gasteiger partial charge in [0.1, 0.15) is 11.3 Å². The smallest absolute Gasteiger partial charge is 0.250 e. The monoisotopic (exact) mass is 534 g/mol. The number of allylic oxidation sites excluding steroid dienone is 5. The minimum atomic E-state index is -0.720. The lowest BCUT2D eigenvalue weighted by Crippen LogP contribution is -2.54. The number of thioether (sulfide) groups is 1. The molecule has 0 aromatic heterocycles. The highest BCUT2D eigenvalue weighted by Gasteiger charge is 2.38. The van der Waals surface area contributed by atoms with Gasteiger partial charge in [-0.05, 0) is 69.4 Å². The minimum absolute atomic E-state index is 0.0270. The summed E-state index contributed by atoms with van der Waals surface area (Å²) in [5.74, 6) is 2.39. The first-order valence-corrected chi connectivity index (χ1v) is 14.7. The van der Waals surface area contributed by atoms with Gasteiger partial charge in [-0.2, -0.15) is 11.8 Å². The molecule has 4 aliphatic rings. The summed E-state index contributed by atoms with van der Waals surface area (Å²) in [5, 5.41) is 9.89. The van der Waals surface area contributed by atoms with E-state index in [-0.39, 0.29) is 17.7 Å². The maximum absolute atomic E-state index is 13.5. The normalized spacial score (nSPS) is 25.2. The molecule has 3 N–H and O–H groups in total. The first-order chi connectivity index (χ1) is 18.4. The van der Waals surface area contributed by atoms with Crippen LogP contribution in [-0.4, -0.2) is 66.4 Å². The van der Waals surface area contributed by atoms with E-state index in [4.69, 9.17) is 4.74 Å². The van der Waals surface area contributed by atoms with E-state index in [0.29, 0.717) is 23.5 Å². The molecule has 5 rings (SSSR count). The van der Waals surface area contributed by atoms with Crippen molar-refractivity contribution in [1.82, 2.24) is 10.2 Å². The van der Waals surface area contributed by atoms with Gasteiger partial charge < -0.3 is 25.6 Å². The number of ether oxygens (including phenoxy) is 1. The topological polar surface area (TPSA) is 82.7 Å². The Balaban J connectivity index is 1.23. The van der Waals surface area contributed by atoms with Gasteiger partial charge in [-0.15, -0.1) is 0 Å². The fourth-order valence-corrected chi connectivity index (χ4v) is 6.75. The molecule has 1 aromatic rings. The molecular formula is C30H38N4O3S. The van der Waals surface area contributed by atoms with Crippen molar-refractivity contribution < 1.29 is 14.3 Å². The van der Waals surface area contributed by atoms with Crippen molar-refractivity contribution in [2.45, 2.75) is 51.1 Å². The molecule has 7 nitrogen and oxygen atoms in total. The number of Topliss-reactive ketones (excluding diaryl/α,β-unsaturated/α-hetero) is 1. The summed E-state index contributed by atoms with van der Waals surface area (Å²) in [7, 11) is 1.70. The Morgan fingerprint density at radius 2 is 1.92 bits per heavy atom. The fraction of sp³-hybridized carbons (Fsp3) is 0.467. The van der Waals surface area contributed by atoms with E-state index in [1.165, 1.54) is 11.1 Å². The average Bonchev–Trinajstić information content (AvgIpc) is 2.94. The number of piperazine rings is 1. The molecule has 0 spiro atoms. The van der Waals surface area contributed by atoms with E-state index in [1.54, 1.807) is 24.9 Å². The van der Waals surface area contributed by atoms with Crippen molar-refractivity contribution >= 4 is 34.8 Å². The van der Waals surface area contributed by atoms with E-state index in [2.05, 4.69) is 52.1 Å². The second-order valence-corrected chi connectivity index (χ2v) is 11.6. The molecule has 2 aliphatic heterocycles. The summed E-state index contributed by atoms with van der Waals surface area (Å²) < 4.78 is 5.58. The minimum Gasteiger partial charge on any atom is -0.495 e. The highest BCUT2D eigenvalue weighted by molar-refractivity contribution is 7.99. The van der Waals surface area contributed by atoms with Crippen LogP contribution in [0.15, 0.2) is 65.1 Å². The molecule has 38 heavy (non-hydrogen) atoms. The molecule has 2 aliphatic carbocycles. The van der Waals surface area contributed by atoms with E-state index >= 15 is 0 Å². The number of hydrogen-bond donors (Lipinski definition) is 3. The van der Waals surface area contributed by atoms with Gasteiger partial charge in [0, 0.05) is 36.7 Å². The van der Waals surface area contributed by atoms with Crippen molar-refractivity contribution in [3.05, 3.63) is 70.7 Å². The van der Waals surface area contributed by atoms with Crippen LogP contribution in [0.25, 0.3) is 0 Å². The van der Waals surface area contributed by atoms with Gasteiger partial charge in [0.25, 0.3) is 5.91 Å². The van der Waals surface area contributed by atoms with Crippen LogP contribution in [0.1, 0.15) is 49.9 Å². The van der Waals surface area contributed by atoms with Crippen molar-refractivity contribution in [3.63, 3.8) is 0 Å². The molecule has 1 aromatic carbocycles. The van der Waals surface area contributed by atoms with E-state index in [9.17, 15) is 9.59 Å². The van der Waals surface area contributed by atoms with Gasteiger partial charge in [-0.1, -0.05) is 23.8 Å². The highest BCUT2D eigenvalue weighted by atomic mass is 32.2. The summed E-state index contributed by atoms with van der Waals surface area (Å²) in [5.41, 5.74) is 5.16. The molecule has 0 radical (unpaired) electrons. The van der Waals surface area contributed by atoms with Gasteiger partial charge >= 0.3 is 0 Å². The van der Waals surface area contributed by atoms with Crippen LogP contribution in [0.4, 0.5) is 11.4 Å². The lowest BCUT2D eigenvalue weighted by molar-refractivity contribution is -0.119. The highest BCUT2D eigenvalue weighted by Crippen LogP contribution is 2.35. The van der Waals surface area contributed by atoms with E-state index in [1.807, 2.05) is 19.1 Å². The lowest BCUT2D eigenvalue weighted by Gasteiger charge is -2.37. The predicted octanol–water partition coefficient (Wildman–Crippen LogP) is 4.87. The number of carbonyl (C=O) groups excluding carboxylic acids is 2. The molecule has 0 bridgehead atoms. The third-order valence-corrected chi connectivity index (χ3v) is 9.06. The largest absolute Gasteiger partial charge is 0.495 e. The first-order valence-electron chi connectivity index (χ1n) is 13.5. The summed E-state index contributed by atoms with van der Waals surface area (Å²) in [4.78, 5) is 28.9. The van der Waals surface area contributed by atoms with Crippen molar-refractivity contribution in [1.29, 1.82) is 0 Å². The Hall–Kier alpha value is -2.97. The summed E-state index contributed by atoms with van der Waals surface area (Å²) >= 11 is 1.77. The zero-order chi connectivity index (χ0) is 26.7. The number of nitrogens with one attached hydrogen (secondary N) is 3. The number of benzene rings is 1. The number of anilines is 2. The quantitative estimate of drug-likeness (QED) is 0.410. The Morgan fingerprint density at radius 1 is 1.13 bits per heavy atom. The van der Waals surface area contributed by atoms with Gasteiger partial charge in [0.2, 0.25) is 0 Å². The SMILES string of the molecule is COC1=CCCC=C1N1CCNC(C(=O)c2ccc3c(c2)NC(=O)C(C)(CSCC2=CCCC=C2C)N3)C1. The molecule has 1 saturated heterocycles. The third kappa shape index (κ3) is 5.57. The number of rotatable bonds is 8. The molecule has 8 heteroatoms. The Morgan fingerprint density at radius 3 is 2.74 bits per heavy atom. The summed E-state index contributed by atoms with van der Waals surface area (Å²) in [6.45, 7) is 6.22. The van der Waals surface area contributed by atoms with Crippen LogP contribution in [-0.2, 0) is 9.53 Å². The second-order valence-electron chi connectivity index (χ2n) is 10.6. The average molecular weight is 535 g/mol. The van der Waals surface area contributed by atoms with Gasteiger partial charge in [-0.3, -0.25) is 9.59 Å². The van der Waals surface area contributed by atoms with E-state index in [0.717, 1.165) is 61.7 Å². The number of fused-ring (bicyclic) bond motifs is 1. The van der Waals surface area contributed by atoms with Crippen LogP contribution in [0, 0.1) is 0 Å². The summed E-state index contributed by atoms with van der Waals surface area (Å²) in [6.07, 6.45) is 13.1. The number of amides is 1. The first kappa shape index (κ1) is 26.6. The zero-order valence-corrected chi connectivity index (χ0v) is 23.4. The molecule has 0 saturated carbocycles. The molecular weight excluding hydrogens is 496 g/mol. The maximum Gasteiger partial charge on any atom is 0.250 e. The van der Waals surface area contributed by atoms with Crippen LogP contribution < -0.4 is 16.0 Å². The molecule has 1 fully saturated rings. The Bertz CT molecular complexity index is 1230. The number of methoxy groups -OCH3 is 1. The number of ketones is 1. The molecule has 2 atom stereocenters. The third-order valence-electron chi connectivity index (χ3n) is 7.77. The van der Waals surface area contributed by atoms with Gasteiger partial charge in [0.15, 0.2) is 5.78 Å².